The maximum absolute atomic E-state index is 11.9. The van der Waals surface area contributed by atoms with Gasteiger partial charge in [0.25, 0.3) is 0 Å². The normalized spacial score (nSPS) is 13.3. The number of nitrogens with one attached hydrogen (secondary N) is 1. The maximum Gasteiger partial charge on any atom is 0.244 e. The number of sulfone groups is 1. The van der Waals surface area contributed by atoms with Crippen LogP contribution in [0.4, 0.5) is 0 Å². The molecule has 0 aliphatic rings. The van der Waals surface area contributed by atoms with E-state index in [-0.39, 0.29) is 4.90 Å². The Morgan fingerprint density at radius 2 is 2.00 bits per heavy atom. The SMILES string of the molecule is CCC(O)CCNC(=O)/C=C/S(=O)(=O)c1ccccc1. The van der Waals surface area contributed by atoms with E-state index in [0.717, 1.165) is 11.5 Å². The number of carbonyl (C=O) groups is 1. The Morgan fingerprint density at radius 1 is 1.35 bits per heavy atom. The molecular formula is C14H19NO4S. The van der Waals surface area contributed by atoms with Crippen molar-refractivity contribution in [2.75, 3.05) is 6.54 Å². The largest absolute Gasteiger partial charge is 0.393 e. The van der Waals surface area contributed by atoms with E-state index in [4.69, 9.17) is 0 Å². The Morgan fingerprint density at radius 3 is 2.60 bits per heavy atom. The summed E-state index contributed by atoms with van der Waals surface area (Å²) in [6, 6.07) is 7.89. The first-order valence-electron chi connectivity index (χ1n) is 6.40. The zero-order chi connectivity index (χ0) is 15.0. The molecule has 0 aliphatic carbocycles. The molecule has 6 heteroatoms. The molecule has 0 bridgehead atoms. The summed E-state index contributed by atoms with van der Waals surface area (Å²) in [7, 11) is -3.59. The fourth-order valence-corrected chi connectivity index (χ4v) is 2.46. The van der Waals surface area contributed by atoms with E-state index < -0.39 is 21.8 Å². The van der Waals surface area contributed by atoms with Gasteiger partial charge in [0.15, 0.2) is 9.84 Å². The van der Waals surface area contributed by atoms with E-state index in [1.807, 2.05) is 6.92 Å². The highest BCUT2D eigenvalue weighted by atomic mass is 32.2. The minimum absolute atomic E-state index is 0.144. The molecule has 1 rings (SSSR count). The standard InChI is InChI=1S/C14H19NO4S/c1-2-12(16)8-10-15-14(17)9-11-20(18,19)13-6-4-3-5-7-13/h3-7,9,11-12,16H,2,8,10H2,1H3,(H,15,17)/b11-9+. The van der Waals surface area contributed by atoms with Gasteiger partial charge in [0.2, 0.25) is 5.91 Å². The van der Waals surface area contributed by atoms with Crippen molar-refractivity contribution in [2.24, 2.45) is 0 Å². The molecule has 0 spiro atoms. The molecular weight excluding hydrogens is 278 g/mol. The van der Waals surface area contributed by atoms with Crippen LogP contribution in [0.5, 0.6) is 0 Å². The summed E-state index contributed by atoms with van der Waals surface area (Å²) in [5.41, 5.74) is 0. The zero-order valence-electron chi connectivity index (χ0n) is 11.3. The van der Waals surface area contributed by atoms with Crippen LogP contribution in [-0.2, 0) is 14.6 Å². The van der Waals surface area contributed by atoms with Crippen LogP contribution in [0.3, 0.4) is 0 Å². The molecule has 20 heavy (non-hydrogen) atoms. The van der Waals surface area contributed by atoms with Crippen LogP contribution in [0.2, 0.25) is 0 Å². The van der Waals surface area contributed by atoms with Crippen LogP contribution in [-0.4, -0.2) is 32.1 Å². The number of aliphatic hydroxyl groups is 1. The van der Waals surface area contributed by atoms with Gasteiger partial charge in [-0.1, -0.05) is 25.1 Å². The topological polar surface area (TPSA) is 83.5 Å². The Labute approximate surface area is 119 Å². The third-order valence-electron chi connectivity index (χ3n) is 2.72. The number of carbonyl (C=O) groups excluding carboxylic acids is 1. The van der Waals surface area contributed by atoms with Crippen molar-refractivity contribution in [3.8, 4) is 0 Å². The van der Waals surface area contributed by atoms with Gasteiger partial charge in [-0.05, 0) is 25.0 Å². The predicted octanol–water partition coefficient (Wildman–Crippen LogP) is 1.25. The number of rotatable bonds is 7. The van der Waals surface area contributed by atoms with Crippen LogP contribution in [0.1, 0.15) is 19.8 Å². The van der Waals surface area contributed by atoms with Crippen molar-refractivity contribution in [3.05, 3.63) is 41.8 Å². The van der Waals surface area contributed by atoms with E-state index in [1.54, 1.807) is 18.2 Å². The minimum atomic E-state index is -3.59. The van der Waals surface area contributed by atoms with Crippen LogP contribution >= 0.6 is 0 Å². The lowest BCUT2D eigenvalue weighted by Gasteiger charge is -2.07. The second-order valence-electron chi connectivity index (χ2n) is 4.30. The van der Waals surface area contributed by atoms with Crippen LogP contribution in [0, 0.1) is 0 Å². The molecule has 2 N–H and O–H groups in total. The third kappa shape index (κ3) is 5.54. The first-order valence-corrected chi connectivity index (χ1v) is 7.94. The Balaban J connectivity index is 2.53. The van der Waals surface area contributed by atoms with Gasteiger partial charge in [0.05, 0.1) is 11.0 Å². The second-order valence-corrected chi connectivity index (χ2v) is 6.14. The van der Waals surface area contributed by atoms with Crippen LogP contribution in [0.25, 0.3) is 0 Å². The number of benzene rings is 1. The fourth-order valence-electron chi connectivity index (χ4n) is 1.47. The van der Waals surface area contributed by atoms with E-state index >= 15 is 0 Å². The van der Waals surface area contributed by atoms with E-state index in [2.05, 4.69) is 5.32 Å². The Kier molecular flexibility index (Phi) is 6.41. The van der Waals surface area contributed by atoms with Crippen molar-refractivity contribution in [3.63, 3.8) is 0 Å². The molecule has 0 radical (unpaired) electrons. The second kappa shape index (κ2) is 7.81. The lowest BCUT2D eigenvalue weighted by molar-refractivity contribution is -0.116. The van der Waals surface area contributed by atoms with Gasteiger partial charge in [-0.3, -0.25) is 4.79 Å². The zero-order valence-corrected chi connectivity index (χ0v) is 12.1. The fraction of sp³-hybridized carbons (Fsp3) is 0.357. The molecule has 0 aliphatic heterocycles. The number of aliphatic hydroxyl groups excluding tert-OH is 1. The highest BCUT2D eigenvalue weighted by Gasteiger charge is 2.10. The monoisotopic (exact) mass is 297 g/mol. The average Bonchev–Trinajstić information content (AvgIpc) is 2.46. The van der Waals surface area contributed by atoms with E-state index in [9.17, 15) is 18.3 Å². The summed E-state index contributed by atoms with van der Waals surface area (Å²) >= 11 is 0. The highest BCUT2D eigenvalue weighted by Crippen LogP contribution is 2.10. The predicted molar refractivity (Wildman–Crippen MR) is 76.7 cm³/mol. The molecule has 1 atom stereocenters. The first-order chi connectivity index (χ1) is 9.45. The first kappa shape index (κ1) is 16.4. The van der Waals surface area contributed by atoms with Crippen molar-refractivity contribution in [1.29, 1.82) is 0 Å². The molecule has 0 saturated carbocycles. The highest BCUT2D eigenvalue weighted by molar-refractivity contribution is 7.94. The van der Waals surface area contributed by atoms with Gasteiger partial charge in [0.1, 0.15) is 0 Å². The summed E-state index contributed by atoms with van der Waals surface area (Å²) < 4.78 is 23.7. The lowest BCUT2D eigenvalue weighted by atomic mass is 10.2. The maximum atomic E-state index is 11.9. The molecule has 0 fully saturated rings. The lowest BCUT2D eigenvalue weighted by Crippen LogP contribution is -2.25. The molecule has 1 unspecified atom stereocenters. The summed E-state index contributed by atoms with van der Waals surface area (Å²) in [6.45, 7) is 2.16. The molecule has 0 aromatic heterocycles. The number of hydrogen-bond acceptors (Lipinski definition) is 4. The molecule has 0 saturated heterocycles. The summed E-state index contributed by atoms with van der Waals surface area (Å²) in [4.78, 5) is 11.6. The molecule has 5 nitrogen and oxygen atoms in total. The number of amides is 1. The summed E-state index contributed by atoms with van der Waals surface area (Å²) in [6.07, 6.45) is 1.60. The van der Waals surface area contributed by atoms with Crippen molar-refractivity contribution in [2.45, 2.75) is 30.8 Å². The van der Waals surface area contributed by atoms with Crippen molar-refractivity contribution < 1.29 is 18.3 Å². The molecule has 110 valence electrons. The smallest absolute Gasteiger partial charge is 0.244 e. The molecule has 1 aromatic rings. The van der Waals surface area contributed by atoms with E-state index in [0.29, 0.717) is 19.4 Å². The summed E-state index contributed by atoms with van der Waals surface area (Å²) in [5.74, 6) is -0.493. The van der Waals surface area contributed by atoms with E-state index in [1.165, 1.54) is 12.1 Å². The molecule has 0 heterocycles. The third-order valence-corrected chi connectivity index (χ3v) is 4.14. The minimum Gasteiger partial charge on any atom is -0.393 e. The summed E-state index contributed by atoms with van der Waals surface area (Å²) in [5, 5.41) is 12.7. The van der Waals surface area contributed by atoms with Crippen LogP contribution < -0.4 is 5.32 Å². The van der Waals surface area contributed by atoms with Gasteiger partial charge in [-0.25, -0.2) is 8.42 Å². The quantitative estimate of drug-likeness (QED) is 0.742. The molecule has 1 aromatic carbocycles. The Hall–Kier alpha value is -1.66. The van der Waals surface area contributed by atoms with Gasteiger partial charge in [-0.2, -0.15) is 0 Å². The van der Waals surface area contributed by atoms with Crippen molar-refractivity contribution >= 4 is 15.7 Å². The van der Waals surface area contributed by atoms with Gasteiger partial charge in [-0.15, -0.1) is 0 Å². The van der Waals surface area contributed by atoms with Crippen LogP contribution in [0.15, 0.2) is 46.7 Å². The van der Waals surface area contributed by atoms with Gasteiger partial charge in [0, 0.05) is 18.0 Å². The van der Waals surface area contributed by atoms with Crippen molar-refractivity contribution in [1.82, 2.24) is 5.32 Å². The van der Waals surface area contributed by atoms with Gasteiger partial charge < -0.3 is 10.4 Å². The molecule has 1 amide bonds. The number of hydrogen-bond donors (Lipinski definition) is 2. The Bertz CT molecular complexity index is 552. The average molecular weight is 297 g/mol. The van der Waals surface area contributed by atoms with Gasteiger partial charge >= 0.3 is 0 Å².